The lowest BCUT2D eigenvalue weighted by atomic mass is 10.1. The van der Waals surface area contributed by atoms with Crippen molar-refractivity contribution in [1.29, 1.82) is 0 Å². The molecule has 106 valence electrons. The zero-order chi connectivity index (χ0) is 14.6. The van der Waals surface area contributed by atoms with Crippen LogP contribution in [0.4, 0.5) is 0 Å². The second-order valence-electron chi connectivity index (χ2n) is 4.89. The summed E-state index contributed by atoms with van der Waals surface area (Å²) in [5.74, 6) is -0.395. The van der Waals surface area contributed by atoms with Crippen molar-refractivity contribution >= 4 is 29.1 Å². The maximum absolute atomic E-state index is 11.9. The molecule has 1 rings (SSSR count). The van der Waals surface area contributed by atoms with Crippen molar-refractivity contribution in [2.75, 3.05) is 27.2 Å². The molecule has 0 bridgehead atoms. The van der Waals surface area contributed by atoms with Crippen molar-refractivity contribution in [3.63, 3.8) is 0 Å². The van der Waals surface area contributed by atoms with E-state index in [1.54, 1.807) is 6.92 Å². The van der Waals surface area contributed by atoms with Crippen LogP contribution in [-0.4, -0.2) is 53.7 Å². The van der Waals surface area contributed by atoms with Crippen LogP contribution in [0.3, 0.4) is 0 Å². The number of hydrogen-bond donors (Lipinski definition) is 2. The van der Waals surface area contributed by atoms with Crippen LogP contribution in [0, 0.1) is 0 Å². The van der Waals surface area contributed by atoms with E-state index in [1.165, 1.54) is 12.1 Å². The number of carbonyl (C=O) groups is 1. The fourth-order valence-corrected chi connectivity index (χ4v) is 2.12. The molecule has 1 aromatic heterocycles. The topological polar surface area (TPSA) is 65.5 Å². The quantitative estimate of drug-likeness (QED) is 0.808. The molecule has 0 aliphatic carbocycles. The first-order valence-corrected chi connectivity index (χ1v) is 6.44. The Morgan fingerprint density at radius 1 is 1.47 bits per heavy atom. The van der Waals surface area contributed by atoms with Crippen molar-refractivity contribution in [3.05, 3.63) is 28.0 Å². The molecule has 0 saturated heterocycles. The smallest absolute Gasteiger partial charge is 0.254 e. The molecule has 1 atom stereocenters. The van der Waals surface area contributed by atoms with Gasteiger partial charge >= 0.3 is 0 Å². The highest BCUT2D eigenvalue weighted by atomic mass is 35.5. The first kappa shape index (κ1) is 16.2. The highest BCUT2D eigenvalue weighted by Gasteiger charge is 2.23. The van der Waals surface area contributed by atoms with Crippen LogP contribution in [0.5, 0.6) is 0 Å². The van der Waals surface area contributed by atoms with Gasteiger partial charge < -0.3 is 15.3 Å². The average Bonchev–Trinajstić information content (AvgIpc) is 2.24. The molecule has 0 radical (unpaired) electrons. The molecule has 0 spiro atoms. The minimum absolute atomic E-state index is 0.0391. The van der Waals surface area contributed by atoms with Gasteiger partial charge in [0, 0.05) is 13.1 Å². The number of halogens is 2. The number of carbonyl (C=O) groups excluding carboxylic acids is 1. The summed E-state index contributed by atoms with van der Waals surface area (Å²) < 4.78 is 0. The van der Waals surface area contributed by atoms with Gasteiger partial charge in [0.25, 0.3) is 5.91 Å². The molecule has 1 heterocycles. The van der Waals surface area contributed by atoms with Gasteiger partial charge in [-0.1, -0.05) is 23.2 Å². The van der Waals surface area contributed by atoms with Gasteiger partial charge in [-0.2, -0.15) is 0 Å². The van der Waals surface area contributed by atoms with E-state index in [-0.39, 0.29) is 22.4 Å². The van der Waals surface area contributed by atoms with Gasteiger partial charge in [-0.25, -0.2) is 4.98 Å². The monoisotopic (exact) mass is 305 g/mol. The Labute approximate surface area is 122 Å². The van der Waals surface area contributed by atoms with Crippen molar-refractivity contribution in [3.8, 4) is 0 Å². The summed E-state index contributed by atoms with van der Waals surface area (Å²) in [5.41, 5.74) is -0.794. The van der Waals surface area contributed by atoms with Crippen LogP contribution in [-0.2, 0) is 0 Å². The van der Waals surface area contributed by atoms with Gasteiger partial charge in [0.2, 0.25) is 0 Å². The van der Waals surface area contributed by atoms with E-state index < -0.39 is 11.5 Å². The van der Waals surface area contributed by atoms with E-state index in [2.05, 4.69) is 10.3 Å². The molecule has 5 nitrogen and oxygen atoms in total. The molecule has 7 heteroatoms. The third kappa shape index (κ3) is 5.32. The van der Waals surface area contributed by atoms with Crippen LogP contribution >= 0.6 is 23.2 Å². The summed E-state index contributed by atoms with van der Waals surface area (Å²) >= 11 is 11.5. The Bertz CT molecular complexity index is 464. The molecule has 0 aliphatic rings. The molecule has 0 aromatic carbocycles. The molecule has 0 fully saturated rings. The Balaban J connectivity index is 2.65. The second kappa shape index (κ2) is 6.52. The molecule has 1 aromatic rings. The van der Waals surface area contributed by atoms with Crippen LogP contribution in [0.1, 0.15) is 17.3 Å². The molecule has 0 saturated carbocycles. The van der Waals surface area contributed by atoms with E-state index in [4.69, 9.17) is 23.2 Å². The number of rotatable bonds is 5. The summed E-state index contributed by atoms with van der Waals surface area (Å²) in [5, 5.41) is 13.0. The van der Waals surface area contributed by atoms with Gasteiger partial charge in [-0.15, -0.1) is 0 Å². The predicted molar refractivity (Wildman–Crippen MR) is 75.8 cm³/mol. The van der Waals surface area contributed by atoms with Gasteiger partial charge in [0.15, 0.2) is 0 Å². The van der Waals surface area contributed by atoms with Crippen molar-refractivity contribution in [2.45, 2.75) is 12.5 Å². The number of nitrogens with zero attached hydrogens (tertiary/aromatic N) is 2. The van der Waals surface area contributed by atoms with Gasteiger partial charge in [0.05, 0.1) is 11.2 Å². The van der Waals surface area contributed by atoms with Gasteiger partial charge in [-0.3, -0.25) is 4.79 Å². The molecule has 19 heavy (non-hydrogen) atoms. The average molecular weight is 306 g/mol. The molecule has 2 N–H and O–H groups in total. The summed E-state index contributed by atoms with van der Waals surface area (Å²) in [7, 11) is 3.69. The Kier molecular flexibility index (Phi) is 5.55. The third-order valence-electron chi connectivity index (χ3n) is 2.35. The lowest BCUT2D eigenvalue weighted by Crippen LogP contribution is -2.47. The Hall–Kier alpha value is -0.880. The van der Waals surface area contributed by atoms with E-state index in [0.29, 0.717) is 6.54 Å². The lowest BCUT2D eigenvalue weighted by molar-refractivity contribution is 0.0326. The zero-order valence-electron chi connectivity index (χ0n) is 11.1. The third-order valence-corrected chi connectivity index (χ3v) is 2.84. The summed E-state index contributed by atoms with van der Waals surface area (Å²) in [4.78, 5) is 17.5. The second-order valence-corrected chi connectivity index (χ2v) is 5.64. The van der Waals surface area contributed by atoms with Gasteiger partial charge in [-0.05, 0) is 33.2 Å². The number of aliphatic hydroxyl groups is 1. The number of hydrogen-bond acceptors (Lipinski definition) is 4. The summed E-state index contributed by atoms with van der Waals surface area (Å²) in [6.45, 7) is 2.19. The van der Waals surface area contributed by atoms with E-state index in [0.717, 1.165) is 0 Å². The number of aromatic nitrogens is 1. The van der Waals surface area contributed by atoms with E-state index in [1.807, 2.05) is 19.0 Å². The minimum Gasteiger partial charge on any atom is -0.387 e. The maximum atomic E-state index is 11.9. The lowest BCUT2D eigenvalue weighted by Gasteiger charge is -2.27. The van der Waals surface area contributed by atoms with Crippen molar-refractivity contribution < 1.29 is 9.90 Å². The summed E-state index contributed by atoms with van der Waals surface area (Å²) in [6, 6.07) is 2.98. The van der Waals surface area contributed by atoms with E-state index in [9.17, 15) is 9.90 Å². The maximum Gasteiger partial charge on any atom is 0.254 e. The largest absolute Gasteiger partial charge is 0.387 e. The number of likely N-dealkylation sites (N-methyl/N-ethyl adjacent to an activating group) is 1. The van der Waals surface area contributed by atoms with Gasteiger partial charge in [0.1, 0.15) is 10.3 Å². The normalized spacial score (nSPS) is 14.3. The highest BCUT2D eigenvalue weighted by molar-refractivity contribution is 6.34. The molecular weight excluding hydrogens is 289 g/mol. The molecule has 0 aliphatic heterocycles. The molecule has 1 amide bonds. The highest BCUT2D eigenvalue weighted by Crippen LogP contribution is 2.16. The number of pyridine rings is 1. The number of amides is 1. The van der Waals surface area contributed by atoms with Crippen molar-refractivity contribution in [1.82, 2.24) is 15.2 Å². The number of nitrogens with one attached hydrogen (secondary N) is 1. The molecule has 1 unspecified atom stereocenters. The minimum atomic E-state index is -1.02. The first-order valence-electron chi connectivity index (χ1n) is 5.68. The van der Waals surface area contributed by atoms with Crippen LogP contribution < -0.4 is 5.32 Å². The van der Waals surface area contributed by atoms with E-state index >= 15 is 0 Å². The standard InChI is InChI=1S/C12H17Cl2N3O2/c1-12(19,7-17(2)3)6-15-11(18)8-4-5-9(13)16-10(8)14/h4-5,19H,6-7H2,1-3H3,(H,15,18). The summed E-state index contributed by atoms with van der Waals surface area (Å²) in [6.07, 6.45) is 0. The van der Waals surface area contributed by atoms with Crippen LogP contribution in [0.15, 0.2) is 12.1 Å². The van der Waals surface area contributed by atoms with Crippen LogP contribution in [0.25, 0.3) is 0 Å². The Morgan fingerprint density at radius 3 is 2.63 bits per heavy atom. The first-order chi connectivity index (χ1) is 8.71. The predicted octanol–water partition coefficient (Wildman–Crippen LogP) is 1.43. The zero-order valence-corrected chi connectivity index (χ0v) is 12.6. The Morgan fingerprint density at radius 2 is 2.11 bits per heavy atom. The van der Waals surface area contributed by atoms with Crippen LogP contribution in [0.2, 0.25) is 10.3 Å². The van der Waals surface area contributed by atoms with Crippen molar-refractivity contribution in [2.24, 2.45) is 0 Å². The SMILES string of the molecule is CN(C)CC(C)(O)CNC(=O)c1ccc(Cl)nc1Cl. The fourth-order valence-electron chi connectivity index (χ4n) is 1.68. The molecular formula is C12H17Cl2N3O2. The fraction of sp³-hybridized carbons (Fsp3) is 0.500.